The van der Waals surface area contributed by atoms with Crippen LogP contribution in [0.25, 0.3) is 0 Å². The van der Waals surface area contributed by atoms with E-state index < -0.39 is 4.92 Å². The van der Waals surface area contributed by atoms with Gasteiger partial charge in [-0.05, 0) is 18.2 Å². The molecule has 1 aromatic heterocycles. The van der Waals surface area contributed by atoms with Crippen molar-refractivity contribution in [3.63, 3.8) is 0 Å². The van der Waals surface area contributed by atoms with Crippen molar-refractivity contribution >= 4 is 50.7 Å². The largest absolute Gasteiger partial charge is 0.333 e. The van der Waals surface area contributed by atoms with Gasteiger partial charge in [0.25, 0.3) is 0 Å². The highest BCUT2D eigenvalue weighted by molar-refractivity contribution is 9.10. The molecular weight excluding hydrogens is 352 g/mol. The SMILES string of the molecule is NNc1ncc([N+](=O)[O-])c(Nc2ccc(Br)cc2Cl)n1. The van der Waals surface area contributed by atoms with Crippen molar-refractivity contribution in [3.05, 3.63) is 44.0 Å². The fourth-order valence-corrected chi connectivity index (χ4v) is 2.11. The van der Waals surface area contributed by atoms with E-state index in [0.717, 1.165) is 10.7 Å². The molecular formula is C10H8BrClN6O2. The zero-order chi connectivity index (χ0) is 14.7. The van der Waals surface area contributed by atoms with Gasteiger partial charge in [-0.3, -0.25) is 15.5 Å². The minimum absolute atomic E-state index is 0.0119. The number of hydrogen-bond acceptors (Lipinski definition) is 7. The predicted octanol–water partition coefficient (Wildman–Crippen LogP) is 2.83. The quantitative estimate of drug-likeness (QED) is 0.436. The molecule has 1 heterocycles. The average Bonchev–Trinajstić information content (AvgIpc) is 2.41. The molecule has 0 fully saturated rings. The molecule has 0 bridgehead atoms. The van der Waals surface area contributed by atoms with Gasteiger partial charge in [-0.25, -0.2) is 10.8 Å². The van der Waals surface area contributed by atoms with Crippen LogP contribution in [0, 0.1) is 10.1 Å². The number of nitrogens with two attached hydrogens (primary N) is 1. The van der Waals surface area contributed by atoms with E-state index in [2.05, 4.69) is 36.6 Å². The Morgan fingerprint density at radius 1 is 1.45 bits per heavy atom. The van der Waals surface area contributed by atoms with Gasteiger partial charge in [0.2, 0.25) is 11.8 Å². The third kappa shape index (κ3) is 3.13. The topological polar surface area (TPSA) is 119 Å². The van der Waals surface area contributed by atoms with E-state index >= 15 is 0 Å². The number of anilines is 3. The van der Waals surface area contributed by atoms with Crippen LogP contribution in [0.5, 0.6) is 0 Å². The van der Waals surface area contributed by atoms with Crippen molar-refractivity contribution in [2.45, 2.75) is 0 Å². The lowest BCUT2D eigenvalue weighted by Crippen LogP contribution is -2.12. The summed E-state index contributed by atoms with van der Waals surface area (Å²) in [7, 11) is 0. The molecule has 104 valence electrons. The molecule has 0 amide bonds. The summed E-state index contributed by atoms with van der Waals surface area (Å²) in [6.07, 6.45) is 1.05. The fourth-order valence-electron chi connectivity index (χ4n) is 1.39. The predicted molar refractivity (Wildman–Crippen MR) is 78.9 cm³/mol. The normalized spacial score (nSPS) is 10.2. The second kappa shape index (κ2) is 5.99. The van der Waals surface area contributed by atoms with Crippen molar-refractivity contribution < 1.29 is 4.92 Å². The fraction of sp³-hybridized carbons (Fsp3) is 0. The Kier molecular flexibility index (Phi) is 4.32. The highest BCUT2D eigenvalue weighted by atomic mass is 79.9. The number of halogens is 2. The third-order valence-electron chi connectivity index (χ3n) is 2.28. The number of hydrazine groups is 1. The molecule has 2 aromatic rings. The molecule has 4 N–H and O–H groups in total. The molecule has 0 aliphatic rings. The van der Waals surface area contributed by atoms with Crippen LogP contribution < -0.4 is 16.6 Å². The Morgan fingerprint density at radius 3 is 2.80 bits per heavy atom. The summed E-state index contributed by atoms with van der Waals surface area (Å²) < 4.78 is 0.787. The molecule has 2 rings (SSSR count). The molecule has 0 unspecified atom stereocenters. The molecule has 0 aliphatic carbocycles. The van der Waals surface area contributed by atoms with Crippen LogP contribution in [0.4, 0.5) is 23.1 Å². The smallest absolute Gasteiger partial charge is 0.329 e. The summed E-state index contributed by atoms with van der Waals surface area (Å²) in [4.78, 5) is 17.9. The number of hydrogen-bond donors (Lipinski definition) is 3. The number of nitro groups is 1. The molecule has 0 aliphatic heterocycles. The number of benzene rings is 1. The Balaban J connectivity index is 2.43. The van der Waals surface area contributed by atoms with Gasteiger partial charge in [-0.15, -0.1) is 0 Å². The van der Waals surface area contributed by atoms with Crippen LogP contribution in [0.1, 0.15) is 0 Å². The summed E-state index contributed by atoms with van der Waals surface area (Å²) in [5.41, 5.74) is 2.40. The lowest BCUT2D eigenvalue weighted by atomic mass is 10.3. The number of rotatable bonds is 4. The van der Waals surface area contributed by atoms with Crippen LogP contribution in [0.2, 0.25) is 5.02 Å². The van der Waals surface area contributed by atoms with E-state index in [0.29, 0.717) is 10.7 Å². The van der Waals surface area contributed by atoms with Crippen LogP contribution in [0.3, 0.4) is 0 Å². The van der Waals surface area contributed by atoms with E-state index in [1.807, 2.05) is 0 Å². The standard InChI is InChI=1S/C10H8BrClN6O2/c11-5-1-2-7(6(12)3-5)15-9-8(18(19)20)4-14-10(16-9)17-13/h1-4H,13H2,(H2,14,15,16,17). The molecule has 20 heavy (non-hydrogen) atoms. The average molecular weight is 360 g/mol. The maximum absolute atomic E-state index is 10.9. The third-order valence-corrected chi connectivity index (χ3v) is 3.09. The molecule has 0 radical (unpaired) electrons. The summed E-state index contributed by atoms with van der Waals surface area (Å²) >= 11 is 9.31. The monoisotopic (exact) mass is 358 g/mol. The first-order valence-corrected chi connectivity index (χ1v) is 6.38. The first-order chi connectivity index (χ1) is 9.51. The van der Waals surface area contributed by atoms with E-state index in [9.17, 15) is 10.1 Å². The first-order valence-electron chi connectivity index (χ1n) is 5.21. The zero-order valence-corrected chi connectivity index (χ0v) is 12.1. The maximum atomic E-state index is 10.9. The minimum atomic E-state index is -0.602. The van der Waals surface area contributed by atoms with E-state index in [4.69, 9.17) is 17.4 Å². The van der Waals surface area contributed by atoms with Crippen LogP contribution in [0.15, 0.2) is 28.9 Å². The number of nitrogens with zero attached hydrogens (tertiary/aromatic N) is 3. The van der Waals surface area contributed by atoms with E-state index in [-0.39, 0.29) is 17.5 Å². The Morgan fingerprint density at radius 2 is 2.20 bits per heavy atom. The van der Waals surface area contributed by atoms with Gasteiger partial charge in [-0.1, -0.05) is 27.5 Å². The van der Waals surface area contributed by atoms with E-state index in [1.54, 1.807) is 18.2 Å². The van der Waals surface area contributed by atoms with Gasteiger partial charge in [-0.2, -0.15) is 4.98 Å². The van der Waals surface area contributed by atoms with Gasteiger partial charge in [0, 0.05) is 4.47 Å². The molecule has 8 nitrogen and oxygen atoms in total. The van der Waals surface area contributed by atoms with E-state index in [1.165, 1.54) is 0 Å². The van der Waals surface area contributed by atoms with Crippen molar-refractivity contribution in [2.75, 3.05) is 10.7 Å². The molecule has 0 spiro atoms. The van der Waals surface area contributed by atoms with Gasteiger partial charge in [0.15, 0.2) is 0 Å². The van der Waals surface area contributed by atoms with Gasteiger partial charge in [0.05, 0.1) is 15.6 Å². The van der Waals surface area contributed by atoms with Crippen LogP contribution in [-0.2, 0) is 0 Å². The van der Waals surface area contributed by atoms with Gasteiger partial charge in [0.1, 0.15) is 6.20 Å². The highest BCUT2D eigenvalue weighted by Gasteiger charge is 2.18. The molecule has 0 atom stereocenters. The second-order valence-corrected chi connectivity index (χ2v) is 4.90. The Bertz CT molecular complexity index is 668. The number of aromatic nitrogens is 2. The molecule has 10 heteroatoms. The van der Waals surface area contributed by atoms with Gasteiger partial charge >= 0.3 is 5.69 Å². The lowest BCUT2D eigenvalue weighted by Gasteiger charge is -2.09. The van der Waals surface area contributed by atoms with Crippen molar-refractivity contribution in [1.82, 2.24) is 9.97 Å². The maximum Gasteiger partial charge on any atom is 0.329 e. The van der Waals surface area contributed by atoms with Crippen molar-refractivity contribution in [3.8, 4) is 0 Å². The Labute approximate surface area is 126 Å². The second-order valence-electron chi connectivity index (χ2n) is 3.58. The molecule has 0 saturated heterocycles. The summed E-state index contributed by atoms with van der Waals surface area (Å²) in [5.74, 6) is 5.22. The zero-order valence-electron chi connectivity index (χ0n) is 9.80. The number of nitrogens with one attached hydrogen (secondary N) is 2. The Hall–Kier alpha value is -1.97. The lowest BCUT2D eigenvalue weighted by molar-refractivity contribution is -0.384. The highest BCUT2D eigenvalue weighted by Crippen LogP contribution is 2.31. The first kappa shape index (κ1) is 14.4. The minimum Gasteiger partial charge on any atom is -0.333 e. The van der Waals surface area contributed by atoms with Crippen LogP contribution in [-0.4, -0.2) is 14.9 Å². The molecule has 0 saturated carbocycles. The molecule has 1 aromatic carbocycles. The summed E-state index contributed by atoms with van der Waals surface area (Å²) in [6, 6.07) is 5.05. The summed E-state index contributed by atoms with van der Waals surface area (Å²) in [6.45, 7) is 0. The summed E-state index contributed by atoms with van der Waals surface area (Å²) in [5, 5.41) is 14.1. The van der Waals surface area contributed by atoms with Crippen molar-refractivity contribution in [2.24, 2.45) is 5.84 Å². The van der Waals surface area contributed by atoms with Crippen LogP contribution >= 0.6 is 27.5 Å². The van der Waals surface area contributed by atoms with Gasteiger partial charge < -0.3 is 5.32 Å². The van der Waals surface area contributed by atoms with Crippen molar-refractivity contribution in [1.29, 1.82) is 0 Å². The number of nitrogen functional groups attached to an aromatic ring is 1.